The number of carbonyl (C=O) groups is 1. The van der Waals surface area contributed by atoms with Gasteiger partial charge in [0.25, 0.3) is 0 Å². The number of benzene rings is 2. The number of hydrogen-bond acceptors (Lipinski definition) is 3. The van der Waals surface area contributed by atoms with Gasteiger partial charge in [0.15, 0.2) is 0 Å². The molecule has 0 fully saturated rings. The number of aromatic carboxylic acids is 1. The van der Waals surface area contributed by atoms with Crippen LogP contribution in [-0.2, 0) is 16.6 Å². The lowest BCUT2D eigenvalue weighted by Gasteiger charge is -2.07. The number of hydrogen-bond donors (Lipinski definition) is 1. The molecule has 2 aromatic rings. The van der Waals surface area contributed by atoms with E-state index in [9.17, 15) is 9.00 Å². The van der Waals surface area contributed by atoms with Crippen LogP contribution in [0.5, 0.6) is 5.75 Å². The Morgan fingerprint density at radius 3 is 2.65 bits per heavy atom. The van der Waals surface area contributed by atoms with Crippen molar-refractivity contribution in [3.8, 4) is 5.75 Å². The summed E-state index contributed by atoms with van der Waals surface area (Å²) in [6.45, 7) is 0. The van der Waals surface area contributed by atoms with E-state index in [-0.39, 0.29) is 11.3 Å². The largest absolute Gasteiger partial charge is 0.497 e. The minimum atomic E-state index is -1.41. The first-order valence-electron chi connectivity index (χ1n) is 5.95. The second-order valence-corrected chi connectivity index (χ2v) is 5.56. The van der Waals surface area contributed by atoms with Gasteiger partial charge < -0.3 is 9.84 Å². The van der Waals surface area contributed by atoms with Crippen LogP contribution in [0.4, 0.5) is 0 Å². The molecular formula is C15H14O4S. The Labute approximate surface area is 119 Å². The van der Waals surface area contributed by atoms with Crippen LogP contribution in [0.3, 0.4) is 0 Å². The molecule has 0 radical (unpaired) electrons. The van der Waals surface area contributed by atoms with Crippen molar-refractivity contribution in [2.75, 3.05) is 7.11 Å². The molecule has 0 saturated heterocycles. The number of ether oxygens (including phenoxy) is 1. The molecule has 0 bridgehead atoms. The summed E-state index contributed by atoms with van der Waals surface area (Å²) in [4.78, 5) is 11.5. The molecule has 0 saturated carbocycles. The lowest BCUT2D eigenvalue weighted by atomic mass is 10.2. The Balaban J connectivity index is 2.26. The summed E-state index contributed by atoms with van der Waals surface area (Å²) < 4.78 is 17.5. The molecule has 1 N–H and O–H groups in total. The standard InChI is InChI=1S/C15H14O4S/c1-19-12-6-4-5-11(9-12)10-20(18)14-8-3-2-7-13(14)15(16)17/h2-9H,10H2,1H3,(H,16,17). The van der Waals surface area contributed by atoms with Gasteiger partial charge in [-0.25, -0.2) is 4.79 Å². The summed E-state index contributed by atoms with van der Waals surface area (Å²) >= 11 is 0. The number of methoxy groups -OCH3 is 1. The van der Waals surface area contributed by atoms with Crippen molar-refractivity contribution in [2.45, 2.75) is 10.6 Å². The average molecular weight is 290 g/mol. The molecular weight excluding hydrogens is 276 g/mol. The highest BCUT2D eigenvalue weighted by Gasteiger charge is 2.15. The van der Waals surface area contributed by atoms with Crippen LogP contribution in [0.25, 0.3) is 0 Å². The number of carboxylic acid groups (broad SMARTS) is 1. The fraction of sp³-hybridized carbons (Fsp3) is 0.133. The third kappa shape index (κ3) is 3.24. The topological polar surface area (TPSA) is 63.6 Å². The first-order chi connectivity index (χ1) is 9.61. The normalized spacial score (nSPS) is 11.8. The van der Waals surface area contributed by atoms with Gasteiger partial charge in [-0.3, -0.25) is 4.21 Å². The predicted molar refractivity (Wildman–Crippen MR) is 76.5 cm³/mol. The summed E-state index contributed by atoms with van der Waals surface area (Å²) in [5, 5.41) is 9.11. The van der Waals surface area contributed by atoms with E-state index in [4.69, 9.17) is 9.84 Å². The molecule has 5 heteroatoms. The Morgan fingerprint density at radius 1 is 1.20 bits per heavy atom. The number of carboxylic acids is 1. The van der Waals surface area contributed by atoms with Gasteiger partial charge in [-0.05, 0) is 29.8 Å². The Kier molecular flexibility index (Phi) is 4.53. The molecule has 4 nitrogen and oxygen atoms in total. The van der Waals surface area contributed by atoms with E-state index in [0.29, 0.717) is 10.6 Å². The van der Waals surface area contributed by atoms with E-state index in [1.165, 1.54) is 6.07 Å². The first kappa shape index (κ1) is 14.3. The smallest absolute Gasteiger partial charge is 0.336 e. The van der Waals surface area contributed by atoms with Crippen molar-refractivity contribution in [3.63, 3.8) is 0 Å². The van der Waals surface area contributed by atoms with E-state index >= 15 is 0 Å². The van der Waals surface area contributed by atoms with Gasteiger partial charge in [-0.15, -0.1) is 0 Å². The van der Waals surface area contributed by atoms with Crippen LogP contribution in [0.15, 0.2) is 53.4 Å². The molecule has 0 aromatic heterocycles. The van der Waals surface area contributed by atoms with Crippen LogP contribution < -0.4 is 4.74 Å². The summed E-state index contributed by atoms with van der Waals surface area (Å²) in [5.41, 5.74) is 0.914. The highest BCUT2D eigenvalue weighted by molar-refractivity contribution is 7.84. The van der Waals surface area contributed by atoms with Crippen LogP contribution in [-0.4, -0.2) is 22.4 Å². The summed E-state index contributed by atoms with van der Waals surface area (Å²) in [6, 6.07) is 13.6. The second kappa shape index (κ2) is 6.34. The fourth-order valence-electron chi connectivity index (χ4n) is 1.83. The van der Waals surface area contributed by atoms with Crippen LogP contribution in [0.2, 0.25) is 0 Å². The van der Waals surface area contributed by atoms with Crippen molar-refractivity contribution in [3.05, 3.63) is 59.7 Å². The minimum Gasteiger partial charge on any atom is -0.497 e. The second-order valence-electron chi connectivity index (χ2n) is 4.14. The molecule has 0 amide bonds. The van der Waals surface area contributed by atoms with E-state index < -0.39 is 16.8 Å². The predicted octanol–water partition coefficient (Wildman–Crippen LogP) is 2.70. The first-order valence-corrected chi connectivity index (χ1v) is 7.27. The maximum Gasteiger partial charge on any atom is 0.336 e. The average Bonchev–Trinajstić information content (AvgIpc) is 2.47. The van der Waals surface area contributed by atoms with Crippen LogP contribution in [0, 0.1) is 0 Å². The van der Waals surface area contributed by atoms with Crippen LogP contribution in [0.1, 0.15) is 15.9 Å². The van der Waals surface area contributed by atoms with Crippen LogP contribution >= 0.6 is 0 Å². The zero-order valence-electron chi connectivity index (χ0n) is 10.9. The van der Waals surface area contributed by atoms with Gasteiger partial charge in [-0.2, -0.15) is 0 Å². The summed E-state index contributed by atoms with van der Waals surface area (Å²) in [6.07, 6.45) is 0. The maximum absolute atomic E-state index is 12.3. The zero-order valence-corrected chi connectivity index (χ0v) is 11.7. The fourth-order valence-corrected chi connectivity index (χ4v) is 3.10. The third-order valence-electron chi connectivity index (χ3n) is 2.79. The van der Waals surface area contributed by atoms with E-state index in [2.05, 4.69) is 0 Å². The van der Waals surface area contributed by atoms with Crippen molar-refractivity contribution >= 4 is 16.8 Å². The monoisotopic (exact) mass is 290 g/mol. The molecule has 1 atom stereocenters. The molecule has 20 heavy (non-hydrogen) atoms. The molecule has 2 aromatic carbocycles. The zero-order chi connectivity index (χ0) is 14.5. The molecule has 0 aliphatic rings. The third-order valence-corrected chi connectivity index (χ3v) is 4.24. The Bertz CT molecular complexity index is 652. The molecule has 104 valence electrons. The van der Waals surface area contributed by atoms with Crippen molar-refractivity contribution in [1.82, 2.24) is 0 Å². The van der Waals surface area contributed by atoms with Gasteiger partial charge >= 0.3 is 5.97 Å². The lowest BCUT2D eigenvalue weighted by molar-refractivity contribution is 0.0693. The maximum atomic E-state index is 12.3. The highest BCUT2D eigenvalue weighted by atomic mass is 32.2. The SMILES string of the molecule is COc1cccc(CS(=O)c2ccccc2C(=O)O)c1. The van der Waals surface area contributed by atoms with E-state index in [1.54, 1.807) is 37.4 Å². The number of rotatable bonds is 5. The molecule has 0 spiro atoms. The van der Waals surface area contributed by atoms with Gasteiger partial charge in [0.05, 0.1) is 34.1 Å². The minimum absolute atomic E-state index is 0.0775. The van der Waals surface area contributed by atoms with Gasteiger partial charge in [0.1, 0.15) is 5.75 Å². The Hall–Kier alpha value is -2.14. The summed E-state index contributed by atoms with van der Waals surface area (Å²) in [5.74, 6) is -0.132. The molecule has 0 aliphatic heterocycles. The van der Waals surface area contributed by atoms with Crippen molar-refractivity contribution < 1.29 is 18.8 Å². The quantitative estimate of drug-likeness (QED) is 0.919. The molecule has 1 unspecified atom stereocenters. The van der Waals surface area contributed by atoms with Gasteiger partial charge in [0, 0.05) is 0 Å². The summed E-state index contributed by atoms with van der Waals surface area (Å²) in [7, 11) is 0.152. The van der Waals surface area contributed by atoms with Crippen molar-refractivity contribution in [2.24, 2.45) is 0 Å². The van der Waals surface area contributed by atoms with Crippen molar-refractivity contribution in [1.29, 1.82) is 0 Å². The molecule has 0 aliphatic carbocycles. The molecule has 2 rings (SSSR count). The van der Waals surface area contributed by atoms with Gasteiger partial charge in [-0.1, -0.05) is 24.3 Å². The highest BCUT2D eigenvalue weighted by Crippen LogP contribution is 2.19. The Morgan fingerprint density at radius 2 is 1.95 bits per heavy atom. The van der Waals surface area contributed by atoms with Gasteiger partial charge in [0.2, 0.25) is 0 Å². The lowest BCUT2D eigenvalue weighted by Crippen LogP contribution is -2.05. The van der Waals surface area contributed by atoms with E-state index in [1.807, 2.05) is 12.1 Å². The van der Waals surface area contributed by atoms with E-state index in [0.717, 1.165) is 5.56 Å². The molecule has 0 heterocycles.